The van der Waals surface area contributed by atoms with Crippen molar-refractivity contribution in [2.45, 2.75) is 91.7 Å². The molecule has 0 radical (unpaired) electrons. The maximum Gasteiger partial charge on any atom is 0.351 e. The van der Waals surface area contributed by atoms with Gasteiger partial charge in [-0.1, -0.05) is 0 Å². The summed E-state index contributed by atoms with van der Waals surface area (Å²) < 4.78 is 17.5. The highest BCUT2D eigenvalue weighted by Crippen LogP contribution is 2.33. The predicted molar refractivity (Wildman–Crippen MR) is 129 cm³/mol. The van der Waals surface area contributed by atoms with E-state index in [0.717, 1.165) is 10.8 Å². The van der Waals surface area contributed by atoms with E-state index in [9.17, 15) is 50.8 Å². The summed E-state index contributed by atoms with van der Waals surface area (Å²) in [5.74, 6) is -0.170. The molecule has 0 amide bonds. The summed E-state index contributed by atoms with van der Waals surface area (Å²) in [5.41, 5.74) is 16.3. The first-order chi connectivity index (χ1) is 18.7. The highest BCUT2D eigenvalue weighted by molar-refractivity contribution is 5.23. The molecule has 19 nitrogen and oxygen atoms in total. The summed E-state index contributed by atoms with van der Waals surface area (Å²) in [6.07, 6.45) is -23.4. The van der Waals surface area contributed by atoms with Crippen LogP contribution in [0.15, 0.2) is 17.1 Å². The van der Waals surface area contributed by atoms with Gasteiger partial charge in [0.05, 0.1) is 25.3 Å². The first kappa shape index (κ1) is 32.6. The Morgan fingerprint density at radius 1 is 0.925 bits per heavy atom. The number of nitrogens with zero attached hydrogens (tertiary/aromatic N) is 2. The minimum Gasteiger partial charge on any atom is -0.394 e. The molecule has 1 aromatic heterocycles. The van der Waals surface area contributed by atoms with Crippen LogP contribution >= 0.6 is 0 Å². The lowest BCUT2D eigenvalue weighted by atomic mass is 9.87. The second-order valence-corrected chi connectivity index (χ2v) is 9.70. The fourth-order valence-electron chi connectivity index (χ4n) is 4.54. The summed E-state index contributed by atoms with van der Waals surface area (Å²) in [5, 5.41) is 102. The second-order valence-electron chi connectivity index (χ2n) is 9.70. The van der Waals surface area contributed by atoms with E-state index >= 15 is 0 Å². The Morgan fingerprint density at radius 2 is 1.57 bits per heavy atom. The fourth-order valence-corrected chi connectivity index (χ4v) is 4.54. The van der Waals surface area contributed by atoms with Crippen molar-refractivity contribution < 1.29 is 65.3 Å². The number of nitrogen functional groups attached to an aromatic ring is 1. The van der Waals surface area contributed by atoms with Crippen molar-refractivity contribution in [3.05, 3.63) is 22.7 Å². The largest absolute Gasteiger partial charge is 0.394 e. The van der Waals surface area contributed by atoms with Crippen molar-refractivity contribution in [1.29, 1.82) is 0 Å². The minimum absolute atomic E-state index is 0.170. The van der Waals surface area contributed by atoms with Gasteiger partial charge in [0.1, 0.15) is 73.0 Å². The summed E-state index contributed by atoms with van der Waals surface area (Å²) in [7, 11) is 0. The molecule has 40 heavy (non-hydrogen) atoms. The molecular formula is C21H37N5O14. The maximum atomic E-state index is 12.4. The van der Waals surface area contributed by atoms with Crippen LogP contribution in [0, 0.1) is 0 Å². The minimum atomic E-state index is -2.29. The average molecular weight is 584 g/mol. The third-order valence-corrected chi connectivity index (χ3v) is 7.01. The van der Waals surface area contributed by atoms with Gasteiger partial charge in [-0.3, -0.25) is 4.57 Å². The van der Waals surface area contributed by atoms with Crippen LogP contribution in [-0.4, -0.2) is 159 Å². The van der Waals surface area contributed by atoms with Crippen LogP contribution in [-0.2, 0) is 14.2 Å². The molecule has 3 rings (SSSR count). The number of aliphatic hydroxyl groups is 10. The Morgan fingerprint density at radius 3 is 2.15 bits per heavy atom. The monoisotopic (exact) mass is 583 g/mol. The van der Waals surface area contributed by atoms with Crippen molar-refractivity contribution in [1.82, 2.24) is 9.55 Å². The Hall–Kier alpha value is -1.92. The van der Waals surface area contributed by atoms with Gasteiger partial charge >= 0.3 is 5.69 Å². The number of aliphatic hydroxyl groups excluding tert-OH is 10. The van der Waals surface area contributed by atoms with Crippen LogP contribution < -0.4 is 22.9 Å². The van der Waals surface area contributed by atoms with E-state index in [1.807, 2.05) is 0 Å². The number of aromatic nitrogens is 2. The average Bonchev–Trinajstić information content (AvgIpc) is 2.93. The lowest BCUT2D eigenvalue weighted by molar-refractivity contribution is -0.326. The Labute approximate surface area is 226 Å². The molecule has 1 aromatic rings. The van der Waals surface area contributed by atoms with Gasteiger partial charge in [0.25, 0.3) is 0 Å². The summed E-state index contributed by atoms with van der Waals surface area (Å²) in [6.45, 7) is -1.80. The van der Waals surface area contributed by atoms with Crippen LogP contribution in [0.25, 0.3) is 0 Å². The zero-order valence-corrected chi connectivity index (χ0v) is 21.0. The third-order valence-electron chi connectivity index (χ3n) is 7.01. The number of ether oxygens (including phenoxy) is 3. The first-order valence-electron chi connectivity index (χ1n) is 12.2. The van der Waals surface area contributed by atoms with Crippen LogP contribution in [0.2, 0.25) is 0 Å². The van der Waals surface area contributed by atoms with Gasteiger partial charge in [-0.05, 0) is 6.07 Å². The molecular weight excluding hydrogens is 546 g/mol. The molecule has 0 spiro atoms. The molecule has 0 aromatic carbocycles. The summed E-state index contributed by atoms with van der Waals surface area (Å²) in [6, 6.07) is -1.90. The van der Waals surface area contributed by atoms with Gasteiger partial charge in [0.2, 0.25) is 0 Å². The SMILES string of the molecule is Nc1ccn([C@@H]2O[C@H]([C@H](O[C@@H]3O[C@H](CO)[C@@H](O)[C@H](N)[C@H]3O)[C@@H](O)[C@@H](O)[C@H](O)[C@H](O)CO)[C@@H](N)[C@H](O)[C@H]2O)c(=O)n1. The fraction of sp³-hybridized carbons (Fsp3) is 0.810. The Kier molecular flexibility index (Phi) is 10.9. The highest BCUT2D eigenvalue weighted by atomic mass is 16.7. The van der Waals surface area contributed by atoms with Gasteiger partial charge < -0.3 is 82.5 Å². The van der Waals surface area contributed by atoms with Crippen molar-refractivity contribution in [3.8, 4) is 0 Å². The van der Waals surface area contributed by atoms with E-state index in [4.69, 9.17) is 36.5 Å². The van der Waals surface area contributed by atoms with Crippen LogP contribution in [0.4, 0.5) is 5.82 Å². The number of hydrogen-bond acceptors (Lipinski definition) is 18. The standard InChI is InChI=1S/C21H37N5O14/c22-7-1-2-26(21(37)25-7)19-16(36)12(32)9(24)17(39-19)18(15(35)14(34)10(30)5(29)3-27)40-20-13(33)8(23)11(31)6(4-28)38-20/h1-2,5-6,8-20,27-36H,3-4,23-24H2,(H2,22,25,37)/t5-,6-,8+,9+,10-,11-,12+,13-,14+,15+,16-,17+,18-,19-,20+/m1/s1. The number of anilines is 1. The van der Waals surface area contributed by atoms with Crippen LogP contribution in [0.3, 0.4) is 0 Å². The van der Waals surface area contributed by atoms with Gasteiger partial charge in [-0.2, -0.15) is 4.98 Å². The van der Waals surface area contributed by atoms with Crippen LogP contribution in [0.5, 0.6) is 0 Å². The number of nitrogens with two attached hydrogens (primary N) is 3. The third kappa shape index (κ3) is 6.43. The highest BCUT2D eigenvalue weighted by Gasteiger charge is 2.53. The zero-order valence-electron chi connectivity index (χ0n) is 21.0. The molecule has 16 N–H and O–H groups in total. The molecule has 2 fully saturated rings. The van der Waals surface area contributed by atoms with E-state index in [0.29, 0.717) is 0 Å². The van der Waals surface area contributed by atoms with Gasteiger partial charge in [0, 0.05) is 6.20 Å². The zero-order chi connectivity index (χ0) is 30.0. The van der Waals surface area contributed by atoms with Crippen molar-refractivity contribution in [2.75, 3.05) is 18.9 Å². The van der Waals surface area contributed by atoms with Gasteiger partial charge in [-0.15, -0.1) is 0 Å². The van der Waals surface area contributed by atoms with Crippen molar-refractivity contribution in [2.24, 2.45) is 11.5 Å². The van der Waals surface area contributed by atoms with E-state index in [1.165, 1.54) is 6.07 Å². The molecule has 0 unspecified atom stereocenters. The van der Waals surface area contributed by atoms with Gasteiger partial charge in [-0.25, -0.2) is 4.79 Å². The number of rotatable bonds is 10. The lowest BCUT2D eigenvalue weighted by Crippen LogP contribution is -2.69. The van der Waals surface area contributed by atoms with Crippen molar-refractivity contribution >= 4 is 5.82 Å². The topological polar surface area (TPSA) is 343 Å². The normalized spacial score (nSPS) is 38.8. The summed E-state index contributed by atoms with van der Waals surface area (Å²) >= 11 is 0. The summed E-state index contributed by atoms with van der Waals surface area (Å²) in [4.78, 5) is 15.9. The molecule has 2 aliphatic heterocycles. The van der Waals surface area contributed by atoms with Crippen LogP contribution in [0.1, 0.15) is 6.23 Å². The van der Waals surface area contributed by atoms with E-state index in [1.54, 1.807) is 0 Å². The number of hydrogen-bond donors (Lipinski definition) is 13. The predicted octanol–water partition coefficient (Wildman–Crippen LogP) is -8.64. The second kappa shape index (κ2) is 13.4. The Balaban J connectivity index is 2.02. The molecule has 19 heteroatoms. The molecule has 230 valence electrons. The van der Waals surface area contributed by atoms with E-state index in [-0.39, 0.29) is 5.82 Å². The van der Waals surface area contributed by atoms with E-state index < -0.39 is 111 Å². The molecule has 15 atom stereocenters. The molecule has 2 aliphatic rings. The molecule has 0 saturated carbocycles. The molecule has 0 bridgehead atoms. The Bertz CT molecular complexity index is 1020. The smallest absolute Gasteiger partial charge is 0.351 e. The maximum absolute atomic E-state index is 12.4. The molecule has 2 saturated heterocycles. The molecule has 0 aliphatic carbocycles. The van der Waals surface area contributed by atoms with Crippen molar-refractivity contribution in [3.63, 3.8) is 0 Å². The first-order valence-corrected chi connectivity index (χ1v) is 12.2. The lowest BCUT2D eigenvalue weighted by Gasteiger charge is -2.48. The quantitative estimate of drug-likeness (QED) is 0.121. The van der Waals surface area contributed by atoms with E-state index in [2.05, 4.69) is 4.98 Å². The van der Waals surface area contributed by atoms with Gasteiger partial charge in [0.15, 0.2) is 12.5 Å². The molecule has 3 heterocycles.